The second-order valence-corrected chi connectivity index (χ2v) is 7.83. The molecule has 2 heterocycles. The Bertz CT molecular complexity index is 852. The van der Waals surface area contributed by atoms with Gasteiger partial charge in [0, 0.05) is 26.5 Å². The first-order valence-electron chi connectivity index (χ1n) is 9.05. The van der Waals surface area contributed by atoms with Gasteiger partial charge in [0.2, 0.25) is 0 Å². The van der Waals surface area contributed by atoms with Crippen molar-refractivity contribution in [3.05, 3.63) is 51.2 Å². The van der Waals surface area contributed by atoms with Crippen LogP contribution >= 0.6 is 11.3 Å². The maximum absolute atomic E-state index is 13.2. The summed E-state index contributed by atoms with van der Waals surface area (Å²) in [6.45, 7) is 2.20. The number of nitrogens with zero attached hydrogens (tertiary/aromatic N) is 2. The zero-order valence-corrected chi connectivity index (χ0v) is 16.9. The minimum atomic E-state index is -0.668. The van der Waals surface area contributed by atoms with Crippen LogP contribution in [0.2, 0.25) is 0 Å². The van der Waals surface area contributed by atoms with E-state index >= 15 is 0 Å². The Morgan fingerprint density at radius 3 is 2.64 bits per heavy atom. The number of esters is 1. The maximum atomic E-state index is 13.2. The highest BCUT2D eigenvalue weighted by Gasteiger charge is 2.38. The summed E-state index contributed by atoms with van der Waals surface area (Å²) in [5.74, 6) is -0.947. The van der Waals surface area contributed by atoms with E-state index in [9.17, 15) is 14.0 Å². The average molecular weight is 406 g/mol. The van der Waals surface area contributed by atoms with Crippen LogP contribution in [0, 0.1) is 12.7 Å². The van der Waals surface area contributed by atoms with E-state index in [2.05, 4.69) is 4.98 Å². The lowest BCUT2D eigenvalue weighted by Crippen LogP contribution is -2.52. The first-order valence-corrected chi connectivity index (χ1v) is 9.87. The van der Waals surface area contributed by atoms with Gasteiger partial charge in [-0.2, -0.15) is 0 Å². The van der Waals surface area contributed by atoms with E-state index in [1.165, 1.54) is 30.6 Å². The van der Waals surface area contributed by atoms with Crippen molar-refractivity contribution in [1.82, 2.24) is 9.88 Å². The molecule has 6 nitrogen and oxygen atoms in total. The minimum absolute atomic E-state index is 0.0789. The number of hydrogen-bond acceptors (Lipinski definition) is 6. The lowest BCUT2D eigenvalue weighted by Gasteiger charge is -2.37. The van der Waals surface area contributed by atoms with Gasteiger partial charge in [0.05, 0.1) is 23.9 Å². The van der Waals surface area contributed by atoms with Crippen LogP contribution < -0.4 is 0 Å². The SMILES string of the molecule is COC(=O)[C@@H]1C[C@H](OC)CCN1C(=O)c1sc(Cc2ccc(F)cc2)nc1C. The summed E-state index contributed by atoms with van der Waals surface area (Å²) >= 11 is 1.31. The van der Waals surface area contributed by atoms with E-state index in [0.717, 1.165) is 10.6 Å². The summed E-state index contributed by atoms with van der Waals surface area (Å²) in [7, 11) is 2.92. The number of methoxy groups -OCH3 is 2. The summed E-state index contributed by atoms with van der Waals surface area (Å²) in [4.78, 5) is 32.0. The van der Waals surface area contributed by atoms with Gasteiger partial charge in [-0.15, -0.1) is 11.3 Å². The summed E-state index contributed by atoms with van der Waals surface area (Å²) in [5.41, 5.74) is 1.55. The van der Waals surface area contributed by atoms with Crippen molar-refractivity contribution in [3.8, 4) is 0 Å². The molecule has 0 saturated carbocycles. The van der Waals surface area contributed by atoms with Gasteiger partial charge in [-0.25, -0.2) is 14.2 Å². The number of thiazole rings is 1. The molecule has 2 aromatic rings. The van der Waals surface area contributed by atoms with Gasteiger partial charge >= 0.3 is 5.97 Å². The summed E-state index contributed by atoms with van der Waals surface area (Å²) in [6, 6.07) is 5.55. The number of likely N-dealkylation sites (tertiary alicyclic amines) is 1. The fraction of sp³-hybridized carbons (Fsp3) is 0.450. The minimum Gasteiger partial charge on any atom is -0.467 e. The van der Waals surface area contributed by atoms with Crippen molar-refractivity contribution in [2.24, 2.45) is 0 Å². The predicted molar refractivity (Wildman–Crippen MR) is 103 cm³/mol. The van der Waals surface area contributed by atoms with Crippen LogP contribution in [0.1, 0.15) is 38.8 Å². The monoisotopic (exact) mass is 406 g/mol. The molecule has 150 valence electrons. The fourth-order valence-corrected chi connectivity index (χ4v) is 4.44. The van der Waals surface area contributed by atoms with E-state index in [1.54, 1.807) is 31.1 Å². The summed E-state index contributed by atoms with van der Waals surface area (Å²) < 4.78 is 23.3. The molecule has 8 heteroatoms. The fourth-order valence-electron chi connectivity index (χ4n) is 3.38. The molecule has 0 unspecified atom stereocenters. The third-order valence-corrected chi connectivity index (χ3v) is 6.07. The molecular weight excluding hydrogens is 383 g/mol. The Morgan fingerprint density at radius 1 is 1.29 bits per heavy atom. The van der Waals surface area contributed by atoms with Crippen molar-refractivity contribution < 1.29 is 23.5 Å². The summed E-state index contributed by atoms with van der Waals surface area (Å²) in [6.07, 6.45) is 1.51. The number of aryl methyl sites for hydroxylation is 1. The average Bonchev–Trinajstić information content (AvgIpc) is 3.08. The van der Waals surface area contributed by atoms with E-state index in [4.69, 9.17) is 9.47 Å². The van der Waals surface area contributed by atoms with Crippen molar-refractivity contribution in [1.29, 1.82) is 0 Å². The predicted octanol–water partition coefficient (Wildman–Crippen LogP) is 2.97. The topological polar surface area (TPSA) is 68.7 Å². The van der Waals surface area contributed by atoms with Crippen LogP contribution in [0.15, 0.2) is 24.3 Å². The number of aromatic nitrogens is 1. The van der Waals surface area contributed by atoms with Gasteiger partial charge in [0.1, 0.15) is 16.7 Å². The Labute approximate surface area is 167 Å². The number of halogens is 1. The lowest BCUT2D eigenvalue weighted by molar-refractivity contribution is -0.149. The molecule has 1 fully saturated rings. The molecule has 28 heavy (non-hydrogen) atoms. The van der Waals surface area contributed by atoms with Crippen molar-refractivity contribution in [2.45, 2.75) is 38.3 Å². The van der Waals surface area contributed by atoms with Crippen LogP contribution in [0.4, 0.5) is 4.39 Å². The van der Waals surface area contributed by atoms with Crippen LogP contribution in [0.3, 0.4) is 0 Å². The highest BCUT2D eigenvalue weighted by molar-refractivity contribution is 7.13. The first kappa shape index (κ1) is 20.4. The first-order chi connectivity index (χ1) is 13.4. The van der Waals surface area contributed by atoms with Gasteiger partial charge in [-0.3, -0.25) is 4.79 Å². The Kier molecular flexibility index (Phi) is 6.41. The van der Waals surface area contributed by atoms with Crippen LogP contribution in [-0.4, -0.2) is 54.7 Å². The summed E-state index contributed by atoms with van der Waals surface area (Å²) in [5, 5.41) is 0.772. The van der Waals surface area contributed by atoms with Gasteiger partial charge in [0.15, 0.2) is 0 Å². The second-order valence-electron chi connectivity index (χ2n) is 6.74. The molecule has 1 amide bonds. The molecule has 1 aliphatic heterocycles. The normalized spacial score (nSPS) is 19.5. The Hall–Kier alpha value is -2.32. The smallest absolute Gasteiger partial charge is 0.328 e. The quantitative estimate of drug-likeness (QED) is 0.714. The van der Waals surface area contributed by atoms with Crippen molar-refractivity contribution in [3.63, 3.8) is 0 Å². The number of benzene rings is 1. The van der Waals surface area contributed by atoms with Crippen LogP contribution in [0.25, 0.3) is 0 Å². The van der Waals surface area contributed by atoms with E-state index in [1.807, 2.05) is 0 Å². The number of ether oxygens (including phenoxy) is 2. The van der Waals surface area contributed by atoms with Crippen molar-refractivity contribution >= 4 is 23.2 Å². The molecule has 0 aliphatic carbocycles. The lowest BCUT2D eigenvalue weighted by atomic mass is 9.99. The maximum Gasteiger partial charge on any atom is 0.328 e. The Balaban J connectivity index is 1.80. The molecule has 0 N–H and O–H groups in total. The molecule has 2 atom stereocenters. The zero-order valence-electron chi connectivity index (χ0n) is 16.1. The van der Waals surface area contributed by atoms with Gasteiger partial charge < -0.3 is 14.4 Å². The van der Waals surface area contributed by atoms with Gasteiger partial charge in [0.25, 0.3) is 5.91 Å². The molecular formula is C20H23FN2O4S. The number of carbonyl (C=O) groups excluding carboxylic acids is 2. The highest BCUT2D eigenvalue weighted by Crippen LogP contribution is 2.27. The highest BCUT2D eigenvalue weighted by atomic mass is 32.1. The third-order valence-electron chi connectivity index (χ3n) is 4.93. The molecule has 1 aromatic heterocycles. The molecule has 0 radical (unpaired) electrons. The standard InChI is InChI=1S/C20H23FN2O4S/c1-12-18(28-17(22-12)10-13-4-6-14(21)7-5-13)19(24)23-9-8-15(26-2)11-16(23)20(25)27-3/h4-7,15-16H,8-11H2,1-3H3/t15-,16+/m1/s1. The molecule has 1 saturated heterocycles. The van der Waals surface area contributed by atoms with Crippen LogP contribution in [0.5, 0.6) is 0 Å². The van der Waals surface area contributed by atoms with Crippen LogP contribution in [-0.2, 0) is 20.7 Å². The Morgan fingerprint density at radius 2 is 2.00 bits per heavy atom. The number of piperidine rings is 1. The second kappa shape index (κ2) is 8.79. The number of amides is 1. The van der Waals surface area contributed by atoms with E-state index < -0.39 is 12.0 Å². The number of hydrogen-bond donors (Lipinski definition) is 0. The van der Waals surface area contributed by atoms with Gasteiger partial charge in [-0.05, 0) is 31.0 Å². The van der Waals surface area contributed by atoms with E-state index in [-0.39, 0.29) is 17.8 Å². The zero-order chi connectivity index (χ0) is 20.3. The molecule has 3 rings (SSSR count). The van der Waals surface area contributed by atoms with Gasteiger partial charge in [-0.1, -0.05) is 12.1 Å². The molecule has 0 spiro atoms. The number of rotatable bonds is 5. The number of carbonyl (C=O) groups is 2. The van der Waals surface area contributed by atoms with E-state index in [0.29, 0.717) is 36.4 Å². The molecule has 1 aromatic carbocycles. The third kappa shape index (κ3) is 4.39. The largest absolute Gasteiger partial charge is 0.467 e. The molecule has 0 bridgehead atoms. The molecule has 1 aliphatic rings. The van der Waals surface area contributed by atoms with Crippen molar-refractivity contribution in [2.75, 3.05) is 20.8 Å².